The van der Waals surface area contributed by atoms with Crippen LogP contribution in [-0.4, -0.2) is 0 Å². The summed E-state index contributed by atoms with van der Waals surface area (Å²) in [4.78, 5) is 2.38. The van der Waals surface area contributed by atoms with Crippen molar-refractivity contribution in [2.24, 2.45) is 0 Å². The molecule has 0 bridgehead atoms. The second-order valence-electron chi connectivity index (χ2n) is 12.3. The first-order chi connectivity index (χ1) is 23.7. The van der Waals surface area contributed by atoms with E-state index in [9.17, 15) is 0 Å². The molecule has 0 saturated carbocycles. The van der Waals surface area contributed by atoms with E-state index in [0.29, 0.717) is 0 Å². The van der Waals surface area contributed by atoms with Crippen LogP contribution in [0.5, 0.6) is 0 Å². The fraction of sp³-hybridized carbons (Fsp3) is 0. The fourth-order valence-electron chi connectivity index (χ4n) is 6.68. The first-order valence-electron chi connectivity index (χ1n) is 16.3. The molecule has 9 rings (SSSR count). The zero-order valence-corrected chi connectivity index (χ0v) is 27.1. The maximum Gasteiger partial charge on any atom is 0.101 e. The van der Waals surface area contributed by atoms with Crippen molar-refractivity contribution in [3.63, 3.8) is 0 Å². The lowest BCUT2D eigenvalue weighted by Gasteiger charge is -2.24. The van der Waals surface area contributed by atoms with Crippen LogP contribution in [0.2, 0.25) is 0 Å². The minimum atomic E-state index is 1.14. The normalized spacial score (nSPS) is 11.3. The molecule has 226 valence electrons. The molecule has 9 aromatic rings. The van der Waals surface area contributed by atoms with Crippen molar-refractivity contribution in [3.8, 4) is 33.4 Å². The van der Waals surface area contributed by atoms with E-state index in [-0.39, 0.29) is 0 Å². The van der Waals surface area contributed by atoms with Crippen molar-refractivity contribution in [2.45, 2.75) is 0 Å². The number of benzene rings is 8. The molecule has 0 fully saturated rings. The Morgan fingerprint density at radius 2 is 0.667 bits per heavy atom. The Kier molecular flexibility index (Phi) is 7.07. The number of fused-ring (bicyclic) bond motifs is 3. The first kappa shape index (κ1) is 28.3. The summed E-state index contributed by atoms with van der Waals surface area (Å²) in [6, 6.07) is 68.3. The number of nitrogens with zero attached hydrogens (tertiary/aromatic N) is 1. The minimum absolute atomic E-state index is 1.14. The molecule has 0 aliphatic carbocycles. The molecule has 1 heterocycles. The lowest BCUT2D eigenvalue weighted by molar-refractivity contribution is 1.32. The molecule has 8 aromatic carbocycles. The average Bonchev–Trinajstić information content (AvgIpc) is 3.59. The van der Waals surface area contributed by atoms with Gasteiger partial charge in [-0.05, 0) is 109 Å². The Balaban J connectivity index is 1.04. The highest BCUT2D eigenvalue weighted by Gasteiger charge is 2.16. The Hall–Kier alpha value is -5.96. The highest BCUT2D eigenvalue weighted by atomic mass is 32.1. The third-order valence-electron chi connectivity index (χ3n) is 9.27. The van der Waals surface area contributed by atoms with Crippen molar-refractivity contribution in [1.82, 2.24) is 0 Å². The second kappa shape index (κ2) is 12.0. The van der Waals surface area contributed by atoms with Gasteiger partial charge in [0.25, 0.3) is 0 Å². The third-order valence-corrected chi connectivity index (χ3v) is 10.4. The van der Waals surface area contributed by atoms with Crippen LogP contribution in [0.1, 0.15) is 0 Å². The van der Waals surface area contributed by atoms with E-state index >= 15 is 0 Å². The first-order valence-corrected chi connectivity index (χ1v) is 17.1. The van der Waals surface area contributed by atoms with Crippen LogP contribution < -0.4 is 4.90 Å². The molecule has 0 spiro atoms. The highest BCUT2D eigenvalue weighted by molar-refractivity contribution is 7.23. The predicted molar refractivity (Wildman–Crippen MR) is 208 cm³/mol. The Morgan fingerprint density at radius 3 is 1.15 bits per heavy atom. The van der Waals surface area contributed by atoms with Gasteiger partial charge in [0.05, 0.1) is 0 Å². The third kappa shape index (κ3) is 5.33. The molecule has 0 aliphatic heterocycles. The van der Waals surface area contributed by atoms with E-state index in [0.717, 1.165) is 11.4 Å². The molecule has 0 N–H and O–H groups in total. The van der Waals surface area contributed by atoms with Crippen LogP contribution in [0.25, 0.3) is 65.0 Å². The number of hydrogen-bond donors (Lipinski definition) is 0. The quantitative estimate of drug-likeness (QED) is 0.177. The summed E-state index contributed by atoms with van der Waals surface area (Å²) in [5, 5.41) is 7.51. The molecule has 2 heteroatoms. The van der Waals surface area contributed by atoms with Gasteiger partial charge >= 0.3 is 0 Å². The molecule has 0 aliphatic rings. The van der Waals surface area contributed by atoms with Crippen LogP contribution in [0, 0.1) is 0 Å². The topological polar surface area (TPSA) is 3.24 Å². The Bertz CT molecular complexity index is 2510. The molecule has 0 radical (unpaired) electrons. The van der Waals surface area contributed by atoms with Gasteiger partial charge in [0.2, 0.25) is 0 Å². The van der Waals surface area contributed by atoms with E-state index in [1.807, 2.05) is 11.3 Å². The van der Waals surface area contributed by atoms with Gasteiger partial charge in [-0.2, -0.15) is 0 Å². The van der Waals surface area contributed by atoms with Gasteiger partial charge < -0.3 is 4.90 Å². The van der Waals surface area contributed by atoms with Gasteiger partial charge in [0, 0.05) is 16.1 Å². The molecule has 48 heavy (non-hydrogen) atoms. The summed E-state index contributed by atoms with van der Waals surface area (Å²) < 4.78 is 1.29. The number of hydrogen-bond acceptors (Lipinski definition) is 2. The van der Waals surface area contributed by atoms with Crippen LogP contribution in [0.4, 0.5) is 16.4 Å². The van der Waals surface area contributed by atoms with Crippen LogP contribution >= 0.6 is 11.3 Å². The second-order valence-corrected chi connectivity index (χ2v) is 13.3. The summed E-state index contributed by atoms with van der Waals surface area (Å²) >= 11 is 1.82. The lowest BCUT2D eigenvalue weighted by Crippen LogP contribution is -2.08. The zero-order valence-electron chi connectivity index (χ0n) is 26.3. The summed E-state index contributed by atoms with van der Waals surface area (Å²) in [5.74, 6) is 0. The van der Waals surface area contributed by atoms with Gasteiger partial charge in [-0.3, -0.25) is 0 Å². The summed E-state index contributed by atoms with van der Waals surface area (Å²) in [6.07, 6.45) is 0. The summed E-state index contributed by atoms with van der Waals surface area (Å²) in [5.41, 5.74) is 9.58. The van der Waals surface area contributed by atoms with Gasteiger partial charge in [0.15, 0.2) is 0 Å². The summed E-state index contributed by atoms with van der Waals surface area (Å²) in [6.45, 7) is 0. The minimum Gasteiger partial charge on any atom is -0.302 e. The summed E-state index contributed by atoms with van der Waals surface area (Å²) in [7, 11) is 0. The predicted octanol–water partition coefficient (Wildman–Crippen LogP) is 13.7. The maximum absolute atomic E-state index is 2.38. The highest BCUT2D eigenvalue weighted by Crippen LogP contribution is 2.42. The van der Waals surface area contributed by atoms with Gasteiger partial charge in [-0.15, -0.1) is 11.3 Å². The molecule has 0 saturated heterocycles. The van der Waals surface area contributed by atoms with E-state index in [1.165, 1.54) is 70.0 Å². The SMILES string of the molecule is c1ccc2cc(-c3ccc(-c4ccc(N(c5ccc(-c6ccc7ccccc7c6)cc5)c5cc6ccccc6s5)cc4)cc3)ccc2c1. The van der Waals surface area contributed by atoms with Crippen LogP contribution in [-0.2, 0) is 0 Å². The fourth-order valence-corrected chi connectivity index (χ4v) is 7.79. The van der Waals surface area contributed by atoms with Gasteiger partial charge in [-0.1, -0.05) is 140 Å². The number of thiophene rings is 1. The largest absolute Gasteiger partial charge is 0.302 e. The van der Waals surface area contributed by atoms with Crippen molar-refractivity contribution in [3.05, 3.63) is 188 Å². The number of rotatable bonds is 6. The molecule has 0 amide bonds. The molecule has 1 aromatic heterocycles. The molecule has 1 nitrogen and oxygen atoms in total. The maximum atomic E-state index is 2.38. The van der Waals surface area contributed by atoms with Gasteiger partial charge in [-0.25, -0.2) is 0 Å². The van der Waals surface area contributed by atoms with E-state index in [4.69, 9.17) is 0 Å². The van der Waals surface area contributed by atoms with E-state index in [1.54, 1.807) is 0 Å². The van der Waals surface area contributed by atoms with Gasteiger partial charge in [0.1, 0.15) is 5.00 Å². The van der Waals surface area contributed by atoms with Crippen molar-refractivity contribution in [2.75, 3.05) is 4.90 Å². The Labute approximate surface area is 284 Å². The lowest BCUT2D eigenvalue weighted by atomic mass is 9.98. The smallest absolute Gasteiger partial charge is 0.101 e. The molecular weight excluding hydrogens is 599 g/mol. The van der Waals surface area contributed by atoms with Crippen molar-refractivity contribution < 1.29 is 0 Å². The van der Waals surface area contributed by atoms with Crippen LogP contribution in [0.3, 0.4) is 0 Å². The Morgan fingerprint density at radius 1 is 0.292 bits per heavy atom. The van der Waals surface area contributed by atoms with Crippen molar-refractivity contribution >= 4 is 59.3 Å². The number of anilines is 3. The van der Waals surface area contributed by atoms with Crippen LogP contribution in [0.15, 0.2) is 188 Å². The van der Waals surface area contributed by atoms with E-state index in [2.05, 4.69) is 193 Å². The van der Waals surface area contributed by atoms with E-state index < -0.39 is 0 Å². The molecule has 0 atom stereocenters. The molecular formula is C46H31NS. The van der Waals surface area contributed by atoms with Crippen molar-refractivity contribution in [1.29, 1.82) is 0 Å². The standard InChI is InChI=1S/C46H31NS/c1-3-9-38-29-40(19-17-32(38)7-1)36-15-13-34(14-16-36)35-21-25-43(26-22-35)47(46-31-42-11-5-6-12-45(42)48-46)44-27-23-37(24-28-44)41-20-18-33-8-2-4-10-39(33)30-41/h1-31H. The zero-order chi connectivity index (χ0) is 31.9. The molecule has 0 unspecified atom stereocenters. The average molecular weight is 630 g/mol. The monoisotopic (exact) mass is 629 g/mol.